The maximum absolute atomic E-state index is 9.03. The molecule has 2 nitrogen and oxygen atoms in total. The van der Waals surface area contributed by atoms with E-state index < -0.39 is 0 Å². The van der Waals surface area contributed by atoms with Gasteiger partial charge in [0.25, 0.3) is 0 Å². The maximum Gasteiger partial charge on any atom is 0.119 e. The predicted octanol–water partition coefficient (Wildman–Crippen LogP) is 3.74. The maximum atomic E-state index is 9.03. The third-order valence-corrected chi connectivity index (χ3v) is 3.31. The normalized spacial score (nSPS) is 11.8. The molecule has 1 unspecified atom stereocenters. The van der Waals surface area contributed by atoms with Gasteiger partial charge in [-0.2, -0.15) is 0 Å². The summed E-state index contributed by atoms with van der Waals surface area (Å²) in [6, 6.07) is 8.22. The zero-order chi connectivity index (χ0) is 13.9. The molecular formula is C17H24O2. The van der Waals surface area contributed by atoms with Crippen LogP contribution < -0.4 is 4.74 Å². The molecule has 104 valence electrons. The number of hydrogen-bond donors (Lipinski definition) is 1. The first-order chi connectivity index (χ1) is 9.31. The van der Waals surface area contributed by atoms with Crippen molar-refractivity contribution in [3.8, 4) is 18.1 Å². The largest absolute Gasteiger partial charge is 0.494 e. The molecule has 1 N–H and O–H groups in total. The smallest absolute Gasteiger partial charge is 0.119 e. The molecule has 0 saturated carbocycles. The Labute approximate surface area is 116 Å². The molecule has 1 rings (SSSR count). The fourth-order valence-electron chi connectivity index (χ4n) is 2.12. The highest BCUT2D eigenvalue weighted by Crippen LogP contribution is 2.25. The molecule has 0 radical (unpaired) electrons. The second kappa shape index (κ2) is 9.47. The molecule has 19 heavy (non-hydrogen) atoms. The summed E-state index contributed by atoms with van der Waals surface area (Å²) in [6.45, 7) is 3.11. The number of aliphatic hydroxyl groups is 1. The van der Waals surface area contributed by atoms with E-state index in [1.54, 1.807) is 0 Å². The average molecular weight is 260 g/mol. The van der Waals surface area contributed by atoms with Crippen molar-refractivity contribution in [2.45, 2.75) is 44.9 Å². The first kappa shape index (κ1) is 15.6. The fraction of sp³-hybridized carbons (Fsp3) is 0.529. The number of unbranched alkanes of at least 4 members (excludes halogenated alkanes) is 2. The topological polar surface area (TPSA) is 29.5 Å². The minimum absolute atomic E-state index is 0.242. The van der Waals surface area contributed by atoms with Gasteiger partial charge in [0.05, 0.1) is 6.61 Å². The van der Waals surface area contributed by atoms with Crippen LogP contribution in [0.1, 0.15) is 50.5 Å². The standard InChI is InChI=1S/C17H24O2/c1-3-5-6-7-14-19-17-10-8-16(9-11-17)15(4-2)12-13-18/h1,8-11,15,18H,4-7,12-14H2,2H3. The van der Waals surface area contributed by atoms with Crippen molar-refractivity contribution in [1.29, 1.82) is 0 Å². The van der Waals surface area contributed by atoms with E-state index >= 15 is 0 Å². The van der Waals surface area contributed by atoms with E-state index in [0.717, 1.165) is 44.5 Å². The van der Waals surface area contributed by atoms with Gasteiger partial charge in [-0.3, -0.25) is 0 Å². The van der Waals surface area contributed by atoms with E-state index in [1.165, 1.54) is 5.56 Å². The minimum Gasteiger partial charge on any atom is -0.494 e. The molecule has 0 aliphatic rings. The lowest BCUT2D eigenvalue weighted by molar-refractivity contribution is 0.274. The molecule has 0 bridgehead atoms. The van der Waals surface area contributed by atoms with Gasteiger partial charge in [-0.25, -0.2) is 0 Å². The zero-order valence-corrected chi connectivity index (χ0v) is 11.8. The molecule has 0 saturated heterocycles. The van der Waals surface area contributed by atoms with E-state index in [-0.39, 0.29) is 6.61 Å². The van der Waals surface area contributed by atoms with Crippen LogP contribution >= 0.6 is 0 Å². The zero-order valence-electron chi connectivity index (χ0n) is 11.8. The molecule has 2 heteroatoms. The second-order valence-electron chi connectivity index (χ2n) is 4.70. The van der Waals surface area contributed by atoms with Crippen LogP contribution in [0.3, 0.4) is 0 Å². The number of aliphatic hydroxyl groups excluding tert-OH is 1. The van der Waals surface area contributed by atoms with Crippen LogP contribution in [0.15, 0.2) is 24.3 Å². The van der Waals surface area contributed by atoms with Gasteiger partial charge >= 0.3 is 0 Å². The molecule has 0 aromatic heterocycles. The Morgan fingerprint density at radius 1 is 1.26 bits per heavy atom. The summed E-state index contributed by atoms with van der Waals surface area (Å²) in [5.74, 6) is 3.97. The van der Waals surface area contributed by atoms with E-state index in [0.29, 0.717) is 5.92 Å². The minimum atomic E-state index is 0.242. The van der Waals surface area contributed by atoms with Crippen molar-refractivity contribution in [1.82, 2.24) is 0 Å². The SMILES string of the molecule is C#CCCCCOc1ccc(C(CC)CCO)cc1. The number of rotatable bonds is 9. The summed E-state index contributed by atoms with van der Waals surface area (Å²) < 4.78 is 5.66. The van der Waals surface area contributed by atoms with Gasteiger partial charge in [-0.15, -0.1) is 12.3 Å². The molecule has 0 fully saturated rings. The molecule has 0 aliphatic heterocycles. The summed E-state index contributed by atoms with van der Waals surface area (Å²) in [5, 5.41) is 9.03. The van der Waals surface area contributed by atoms with Crippen molar-refractivity contribution in [3.05, 3.63) is 29.8 Å². The highest BCUT2D eigenvalue weighted by molar-refractivity contribution is 5.29. The molecule has 0 heterocycles. The van der Waals surface area contributed by atoms with Crippen LogP contribution in [-0.4, -0.2) is 18.3 Å². The summed E-state index contributed by atoms with van der Waals surface area (Å²) in [7, 11) is 0. The number of ether oxygens (including phenoxy) is 1. The lowest BCUT2D eigenvalue weighted by atomic mass is 9.94. The lowest BCUT2D eigenvalue weighted by Gasteiger charge is -2.14. The Balaban J connectivity index is 2.40. The van der Waals surface area contributed by atoms with Crippen molar-refractivity contribution < 1.29 is 9.84 Å². The summed E-state index contributed by atoms with van der Waals surface area (Å²) in [4.78, 5) is 0. The molecule has 0 amide bonds. The van der Waals surface area contributed by atoms with Gasteiger partial charge in [-0.1, -0.05) is 19.1 Å². The third-order valence-electron chi connectivity index (χ3n) is 3.31. The van der Waals surface area contributed by atoms with Gasteiger partial charge in [0.2, 0.25) is 0 Å². The van der Waals surface area contributed by atoms with Crippen LogP contribution in [0.5, 0.6) is 5.75 Å². The Hall–Kier alpha value is -1.46. The Morgan fingerprint density at radius 3 is 2.58 bits per heavy atom. The Morgan fingerprint density at radius 2 is 2.00 bits per heavy atom. The van der Waals surface area contributed by atoms with Crippen LogP contribution in [-0.2, 0) is 0 Å². The molecule has 1 aromatic carbocycles. The van der Waals surface area contributed by atoms with E-state index in [2.05, 4.69) is 25.0 Å². The highest BCUT2D eigenvalue weighted by atomic mass is 16.5. The van der Waals surface area contributed by atoms with Crippen LogP contribution in [0.2, 0.25) is 0 Å². The van der Waals surface area contributed by atoms with Gasteiger partial charge in [0.15, 0.2) is 0 Å². The molecule has 1 atom stereocenters. The monoisotopic (exact) mass is 260 g/mol. The van der Waals surface area contributed by atoms with Gasteiger partial charge in [0, 0.05) is 13.0 Å². The quantitative estimate of drug-likeness (QED) is 0.541. The highest BCUT2D eigenvalue weighted by Gasteiger charge is 2.08. The molecular weight excluding hydrogens is 236 g/mol. The van der Waals surface area contributed by atoms with Crippen molar-refractivity contribution in [3.63, 3.8) is 0 Å². The van der Waals surface area contributed by atoms with E-state index in [1.807, 2.05) is 12.1 Å². The van der Waals surface area contributed by atoms with Crippen LogP contribution in [0.25, 0.3) is 0 Å². The van der Waals surface area contributed by atoms with Crippen molar-refractivity contribution in [2.24, 2.45) is 0 Å². The van der Waals surface area contributed by atoms with Gasteiger partial charge < -0.3 is 9.84 Å². The first-order valence-corrected chi connectivity index (χ1v) is 7.08. The third kappa shape index (κ3) is 5.81. The average Bonchev–Trinajstić information content (AvgIpc) is 2.45. The lowest BCUT2D eigenvalue weighted by Crippen LogP contribution is -2.01. The first-order valence-electron chi connectivity index (χ1n) is 7.08. The van der Waals surface area contributed by atoms with Crippen LogP contribution in [0.4, 0.5) is 0 Å². The fourth-order valence-corrected chi connectivity index (χ4v) is 2.12. The Bertz CT molecular complexity index is 375. The van der Waals surface area contributed by atoms with Crippen molar-refractivity contribution in [2.75, 3.05) is 13.2 Å². The number of hydrogen-bond acceptors (Lipinski definition) is 2. The Kier molecular flexibility index (Phi) is 7.77. The number of terminal acetylenes is 1. The molecule has 1 aromatic rings. The van der Waals surface area contributed by atoms with Gasteiger partial charge in [-0.05, 0) is 49.3 Å². The molecule has 0 aliphatic carbocycles. The van der Waals surface area contributed by atoms with E-state index in [4.69, 9.17) is 16.3 Å². The summed E-state index contributed by atoms with van der Waals surface area (Å²) >= 11 is 0. The van der Waals surface area contributed by atoms with Crippen LogP contribution in [0, 0.1) is 12.3 Å². The van der Waals surface area contributed by atoms with Gasteiger partial charge in [0.1, 0.15) is 5.75 Å². The predicted molar refractivity (Wildman–Crippen MR) is 79.4 cm³/mol. The summed E-state index contributed by atoms with van der Waals surface area (Å²) in [5.41, 5.74) is 1.27. The second-order valence-corrected chi connectivity index (χ2v) is 4.70. The molecule has 0 spiro atoms. The van der Waals surface area contributed by atoms with E-state index in [9.17, 15) is 0 Å². The number of benzene rings is 1. The van der Waals surface area contributed by atoms with Crippen molar-refractivity contribution >= 4 is 0 Å². The summed E-state index contributed by atoms with van der Waals surface area (Å²) in [6.07, 6.45) is 9.90.